The summed E-state index contributed by atoms with van der Waals surface area (Å²) in [5, 5.41) is 1.13. The van der Waals surface area contributed by atoms with Crippen molar-refractivity contribution in [1.82, 2.24) is 15.4 Å². The van der Waals surface area contributed by atoms with Gasteiger partial charge in [-0.3, -0.25) is 9.78 Å². The molecule has 0 spiro atoms. The lowest BCUT2D eigenvalue weighted by Gasteiger charge is -2.25. The Bertz CT molecular complexity index is 1030. The molecule has 0 saturated carbocycles. The molecular weight excluding hydrogens is 424 g/mol. The lowest BCUT2D eigenvalue weighted by atomic mass is 9.85. The summed E-state index contributed by atoms with van der Waals surface area (Å²) in [5.74, 6) is 0. The van der Waals surface area contributed by atoms with Crippen LogP contribution in [0.3, 0.4) is 0 Å². The largest absolute Gasteiger partial charge is 0.352 e. The zero-order valence-corrected chi connectivity index (χ0v) is 20.5. The molecule has 1 aliphatic rings. The van der Waals surface area contributed by atoms with E-state index in [0.717, 1.165) is 40.1 Å². The summed E-state index contributed by atoms with van der Waals surface area (Å²) in [5.41, 5.74) is 17.1. The van der Waals surface area contributed by atoms with Crippen molar-refractivity contribution in [3.63, 3.8) is 0 Å². The number of aromatic nitrogens is 1. The van der Waals surface area contributed by atoms with Gasteiger partial charge in [-0.25, -0.2) is 5.43 Å². The van der Waals surface area contributed by atoms with Crippen molar-refractivity contribution in [2.75, 3.05) is 7.05 Å². The highest BCUT2D eigenvalue weighted by atomic mass is 35.5. The number of nitrogens with two attached hydrogens (primary N) is 1. The van der Waals surface area contributed by atoms with Gasteiger partial charge in [-0.2, -0.15) is 0 Å². The fraction of sp³-hybridized carbons (Fsp3) is 0.440. The van der Waals surface area contributed by atoms with Crippen LogP contribution in [-0.4, -0.2) is 28.5 Å². The highest BCUT2D eigenvalue weighted by Crippen LogP contribution is 2.35. The number of nitrogens with zero attached hydrogens (tertiary/aromatic N) is 2. The predicted molar refractivity (Wildman–Crippen MR) is 129 cm³/mol. The van der Waals surface area contributed by atoms with Crippen molar-refractivity contribution < 1.29 is 9.53 Å². The predicted octanol–water partition coefficient (Wildman–Crippen LogP) is 4.35. The molecule has 1 aromatic carbocycles. The van der Waals surface area contributed by atoms with Gasteiger partial charge in [-0.05, 0) is 54.0 Å². The van der Waals surface area contributed by atoms with Crippen LogP contribution < -0.4 is 11.2 Å². The lowest BCUT2D eigenvalue weighted by molar-refractivity contribution is -0.110. The van der Waals surface area contributed by atoms with Crippen LogP contribution in [0, 0.1) is 19.3 Å². The van der Waals surface area contributed by atoms with Gasteiger partial charge in [0.25, 0.3) is 5.24 Å². The van der Waals surface area contributed by atoms with E-state index in [-0.39, 0.29) is 12.0 Å². The van der Waals surface area contributed by atoms with E-state index in [4.69, 9.17) is 27.1 Å². The molecule has 3 N–H and O–H groups in total. The number of pyridine rings is 1. The smallest absolute Gasteiger partial charge is 0.253 e. The number of carbonyl (C=O) groups is 1. The van der Waals surface area contributed by atoms with Gasteiger partial charge in [-0.1, -0.05) is 50.6 Å². The molecule has 1 atom stereocenters. The summed E-state index contributed by atoms with van der Waals surface area (Å²) in [6, 6.07) is 8.42. The molecule has 2 heterocycles. The molecule has 0 saturated heterocycles. The summed E-state index contributed by atoms with van der Waals surface area (Å²) in [6.07, 6.45) is 1.85. The van der Waals surface area contributed by atoms with Gasteiger partial charge in [-0.15, -0.1) is 0 Å². The monoisotopic (exact) mass is 456 g/mol. The fourth-order valence-corrected chi connectivity index (χ4v) is 4.12. The van der Waals surface area contributed by atoms with E-state index >= 15 is 0 Å². The summed E-state index contributed by atoms with van der Waals surface area (Å²) in [6.45, 7) is 11.3. The van der Waals surface area contributed by atoms with Gasteiger partial charge < -0.3 is 15.5 Å². The number of benzene rings is 1. The zero-order chi connectivity index (χ0) is 23.6. The van der Waals surface area contributed by atoms with E-state index in [1.54, 1.807) is 18.3 Å². The van der Waals surface area contributed by atoms with Gasteiger partial charge in [0.1, 0.15) is 0 Å². The Morgan fingerprint density at radius 2 is 1.88 bits per heavy atom. The van der Waals surface area contributed by atoms with Crippen LogP contribution in [0.1, 0.15) is 48.8 Å². The average Bonchev–Trinajstić information content (AvgIpc) is 3.07. The van der Waals surface area contributed by atoms with Crippen molar-refractivity contribution in [3.8, 4) is 11.1 Å². The molecule has 0 amide bonds. The SMILES string of the molecule is Cc1ccc(-c2c(COC3NN(C)C=C3C(=O)Cl)c(C)nc(CC(C)(C)C)c2CN)cc1. The fourth-order valence-electron chi connectivity index (χ4n) is 3.97. The van der Waals surface area contributed by atoms with Crippen LogP contribution in [-0.2, 0) is 29.1 Å². The molecule has 32 heavy (non-hydrogen) atoms. The number of carbonyl (C=O) groups excluding carboxylic acids is 1. The molecule has 0 fully saturated rings. The van der Waals surface area contributed by atoms with Crippen molar-refractivity contribution in [1.29, 1.82) is 0 Å². The minimum atomic E-state index is -0.620. The van der Waals surface area contributed by atoms with Crippen LogP contribution in [0.15, 0.2) is 36.0 Å². The summed E-state index contributed by atoms with van der Waals surface area (Å²) >= 11 is 5.75. The Morgan fingerprint density at radius 1 is 1.22 bits per heavy atom. The van der Waals surface area contributed by atoms with Crippen molar-refractivity contribution >= 4 is 16.8 Å². The first-order valence-corrected chi connectivity index (χ1v) is 11.2. The van der Waals surface area contributed by atoms with Crippen LogP contribution in [0.4, 0.5) is 0 Å². The molecule has 6 nitrogen and oxygen atoms in total. The van der Waals surface area contributed by atoms with E-state index in [1.807, 2.05) is 6.92 Å². The minimum absolute atomic E-state index is 0.0741. The van der Waals surface area contributed by atoms with Crippen molar-refractivity contribution in [3.05, 3.63) is 64.1 Å². The topological polar surface area (TPSA) is 80.5 Å². The second-order valence-corrected chi connectivity index (χ2v) is 9.92. The molecule has 1 aliphatic heterocycles. The average molecular weight is 457 g/mol. The maximum Gasteiger partial charge on any atom is 0.253 e. The first-order valence-electron chi connectivity index (χ1n) is 10.8. The van der Waals surface area contributed by atoms with E-state index < -0.39 is 11.5 Å². The van der Waals surface area contributed by atoms with Crippen LogP contribution in [0.5, 0.6) is 0 Å². The molecule has 0 aliphatic carbocycles. The maximum atomic E-state index is 11.8. The quantitative estimate of drug-likeness (QED) is 0.603. The molecule has 1 aromatic heterocycles. The van der Waals surface area contributed by atoms with Gasteiger partial charge >= 0.3 is 0 Å². The summed E-state index contributed by atoms with van der Waals surface area (Å²) < 4.78 is 6.13. The number of nitrogens with one attached hydrogen (secondary N) is 1. The second kappa shape index (κ2) is 9.71. The third kappa shape index (κ3) is 5.56. The summed E-state index contributed by atoms with van der Waals surface area (Å²) in [7, 11) is 1.79. The van der Waals surface area contributed by atoms with Crippen LogP contribution in [0.25, 0.3) is 11.1 Å². The van der Waals surface area contributed by atoms with Crippen molar-refractivity contribution in [2.45, 2.75) is 60.4 Å². The lowest BCUT2D eigenvalue weighted by Crippen LogP contribution is -2.36. The molecular formula is C25H33ClN4O2. The second-order valence-electron chi connectivity index (χ2n) is 9.57. The van der Waals surface area contributed by atoms with E-state index in [2.05, 4.69) is 57.4 Å². The highest BCUT2D eigenvalue weighted by molar-refractivity contribution is 6.67. The minimum Gasteiger partial charge on any atom is -0.352 e. The first-order chi connectivity index (χ1) is 15.0. The van der Waals surface area contributed by atoms with Crippen LogP contribution >= 0.6 is 11.6 Å². The third-order valence-electron chi connectivity index (χ3n) is 5.49. The highest BCUT2D eigenvalue weighted by Gasteiger charge is 2.29. The van der Waals surface area contributed by atoms with Crippen LogP contribution in [0.2, 0.25) is 0 Å². The molecule has 0 bridgehead atoms. The van der Waals surface area contributed by atoms with Gasteiger partial charge in [0.15, 0.2) is 6.23 Å². The van der Waals surface area contributed by atoms with Crippen molar-refractivity contribution in [2.24, 2.45) is 11.1 Å². The molecule has 2 aromatic rings. The maximum absolute atomic E-state index is 11.8. The number of halogens is 1. The Kier molecular flexibility index (Phi) is 7.40. The van der Waals surface area contributed by atoms with Gasteiger partial charge in [0, 0.05) is 36.7 Å². The van der Waals surface area contributed by atoms with Gasteiger partial charge in [0.05, 0.1) is 12.2 Å². The Morgan fingerprint density at radius 3 is 2.44 bits per heavy atom. The Balaban J connectivity index is 2.07. The number of hydrogen-bond donors (Lipinski definition) is 2. The molecule has 0 radical (unpaired) electrons. The summed E-state index contributed by atoms with van der Waals surface area (Å²) in [4.78, 5) is 16.7. The number of ether oxygens (including phenoxy) is 1. The first kappa shape index (κ1) is 24.4. The Labute approximate surface area is 195 Å². The van der Waals surface area contributed by atoms with E-state index in [0.29, 0.717) is 12.1 Å². The third-order valence-corrected chi connectivity index (χ3v) is 5.71. The zero-order valence-electron chi connectivity index (χ0n) is 19.8. The standard InChI is InChI=1S/C25H33ClN4O2/c1-15-7-9-17(10-8-15)22-18(12-27)21(11-25(3,4)5)28-16(2)20(22)14-32-24-19(23(26)31)13-30(6)29-24/h7-10,13,24,29H,11-12,14,27H2,1-6H3. The number of aryl methyl sites for hydroxylation is 2. The van der Waals surface area contributed by atoms with Gasteiger partial charge in [0.2, 0.25) is 0 Å². The van der Waals surface area contributed by atoms with E-state index in [1.165, 1.54) is 5.56 Å². The molecule has 172 valence electrons. The number of hydrazine groups is 1. The number of hydrogen-bond acceptors (Lipinski definition) is 6. The molecule has 7 heteroatoms. The van der Waals surface area contributed by atoms with E-state index in [9.17, 15) is 4.79 Å². The number of rotatable bonds is 7. The molecule has 3 rings (SSSR count). The Hall–Kier alpha value is -2.25. The normalized spacial score (nSPS) is 16.4. The molecule has 1 unspecified atom stereocenters.